The van der Waals surface area contributed by atoms with Gasteiger partial charge in [0.15, 0.2) is 0 Å². The Morgan fingerprint density at radius 2 is 1.53 bits per heavy atom. The topological polar surface area (TPSA) is 12.0 Å². The predicted octanol–water partition coefficient (Wildman–Crippen LogP) is 4.12. The molecule has 0 aliphatic carbocycles. The molecule has 0 aromatic heterocycles. The molecule has 1 nitrogen and oxygen atoms in total. The minimum Gasteiger partial charge on any atom is -0.313 e. The van der Waals surface area contributed by atoms with Crippen LogP contribution in [0, 0.1) is 20.8 Å². The summed E-state index contributed by atoms with van der Waals surface area (Å²) in [4.78, 5) is 0. The monoisotopic (exact) mass is 253 g/mol. The van der Waals surface area contributed by atoms with E-state index in [1.165, 1.54) is 27.8 Å². The first kappa shape index (κ1) is 13.8. The fourth-order valence-corrected chi connectivity index (χ4v) is 2.81. The van der Waals surface area contributed by atoms with Crippen molar-refractivity contribution in [1.29, 1.82) is 0 Å². The Bertz CT molecular complexity index is 520. The third-order valence-corrected chi connectivity index (χ3v) is 3.80. The van der Waals surface area contributed by atoms with Crippen molar-refractivity contribution in [1.82, 2.24) is 5.32 Å². The van der Waals surface area contributed by atoms with Crippen LogP contribution in [0.25, 0.3) is 0 Å². The number of likely N-dealkylation sites (N-methyl/N-ethyl adjacent to an activating group) is 1. The first-order valence-corrected chi connectivity index (χ1v) is 6.90. The van der Waals surface area contributed by atoms with Crippen LogP contribution in [0.1, 0.15) is 33.9 Å². The lowest BCUT2D eigenvalue weighted by Crippen LogP contribution is -2.19. The fourth-order valence-electron chi connectivity index (χ4n) is 2.81. The third kappa shape index (κ3) is 3.24. The van der Waals surface area contributed by atoms with E-state index in [0.717, 1.165) is 6.42 Å². The van der Waals surface area contributed by atoms with Crippen molar-refractivity contribution < 1.29 is 0 Å². The van der Waals surface area contributed by atoms with Gasteiger partial charge in [-0.1, -0.05) is 48.0 Å². The maximum absolute atomic E-state index is 3.44. The number of hydrogen-bond acceptors (Lipinski definition) is 1. The summed E-state index contributed by atoms with van der Waals surface area (Å²) in [6, 6.07) is 15.6. The molecule has 0 amide bonds. The zero-order valence-corrected chi connectivity index (χ0v) is 12.3. The first-order valence-electron chi connectivity index (χ1n) is 6.90. The molecule has 0 aliphatic heterocycles. The largest absolute Gasteiger partial charge is 0.313 e. The highest BCUT2D eigenvalue weighted by atomic mass is 14.9. The first-order chi connectivity index (χ1) is 9.11. The van der Waals surface area contributed by atoms with Gasteiger partial charge in [0.1, 0.15) is 0 Å². The Labute approximate surface area is 116 Å². The minimum absolute atomic E-state index is 0.376. The van der Waals surface area contributed by atoms with Crippen LogP contribution in [0.15, 0.2) is 42.5 Å². The molecule has 2 rings (SSSR count). The molecule has 2 aromatic carbocycles. The molecule has 1 unspecified atom stereocenters. The quantitative estimate of drug-likeness (QED) is 0.864. The maximum atomic E-state index is 3.44. The smallest absolute Gasteiger partial charge is 0.0358 e. The molecule has 0 fully saturated rings. The highest BCUT2D eigenvalue weighted by Gasteiger charge is 2.13. The van der Waals surface area contributed by atoms with E-state index in [0.29, 0.717) is 6.04 Å². The number of aryl methyl sites for hydroxylation is 3. The second-order valence-electron chi connectivity index (χ2n) is 5.33. The Balaban J connectivity index is 2.29. The van der Waals surface area contributed by atoms with Gasteiger partial charge in [-0.05, 0) is 56.5 Å². The Kier molecular flexibility index (Phi) is 4.39. The van der Waals surface area contributed by atoms with Crippen LogP contribution < -0.4 is 5.32 Å². The van der Waals surface area contributed by atoms with Crippen molar-refractivity contribution >= 4 is 0 Å². The van der Waals surface area contributed by atoms with Crippen molar-refractivity contribution in [3.8, 4) is 0 Å². The van der Waals surface area contributed by atoms with Crippen LogP contribution in [0.3, 0.4) is 0 Å². The number of rotatable bonds is 4. The molecule has 100 valence electrons. The molecule has 0 heterocycles. The summed E-state index contributed by atoms with van der Waals surface area (Å²) in [6.45, 7) is 6.59. The molecule has 0 radical (unpaired) electrons. The zero-order chi connectivity index (χ0) is 13.8. The molecule has 0 saturated carbocycles. The maximum Gasteiger partial charge on any atom is 0.0358 e. The van der Waals surface area contributed by atoms with Crippen LogP contribution in [0.5, 0.6) is 0 Å². The predicted molar refractivity (Wildman–Crippen MR) is 82.6 cm³/mol. The summed E-state index contributed by atoms with van der Waals surface area (Å²) in [5.41, 5.74) is 6.96. The highest BCUT2D eigenvalue weighted by molar-refractivity contribution is 5.39. The summed E-state index contributed by atoms with van der Waals surface area (Å²) >= 11 is 0. The number of hydrogen-bond donors (Lipinski definition) is 1. The van der Waals surface area contributed by atoms with Gasteiger partial charge in [-0.3, -0.25) is 0 Å². The molecule has 0 spiro atoms. The van der Waals surface area contributed by atoms with Crippen molar-refractivity contribution in [2.24, 2.45) is 0 Å². The molecular weight excluding hydrogens is 230 g/mol. The van der Waals surface area contributed by atoms with Crippen molar-refractivity contribution in [2.75, 3.05) is 7.05 Å². The molecular formula is C18H23N. The molecule has 1 N–H and O–H groups in total. The molecule has 0 bridgehead atoms. The summed E-state index contributed by atoms with van der Waals surface area (Å²) in [7, 11) is 2.04. The van der Waals surface area contributed by atoms with E-state index in [9.17, 15) is 0 Å². The second kappa shape index (κ2) is 6.03. The molecule has 0 saturated heterocycles. The third-order valence-electron chi connectivity index (χ3n) is 3.80. The van der Waals surface area contributed by atoms with Gasteiger partial charge in [-0.15, -0.1) is 0 Å². The molecule has 0 aliphatic rings. The number of nitrogens with one attached hydrogen (secondary N) is 1. The lowest BCUT2D eigenvalue weighted by Gasteiger charge is -2.20. The average molecular weight is 253 g/mol. The normalized spacial score (nSPS) is 12.4. The SMILES string of the molecule is CNC(Cc1c(C)cc(C)cc1C)c1ccccc1. The van der Waals surface area contributed by atoms with E-state index in [4.69, 9.17) is 0 Å². The van der Waals surface area contributed by atoms with Crippen LogP contribution in [0.2, 0.25) is 0 Å². The van der Waals surface area contributed by atoms with Crippen molar-refractivity contribution in [3.05, 3.63) is 70.3 Å². The van der Waals surface area contributed by atoms with Crippen molar-refractivity contribution in [3.63, 3.8) is 0 Å². The lowest BCUT2D eigenvalue weighted by atomic mass is 9.92. The van der Waals surface area contributed by atoms with Crippen LogP contribution in [-0.4, -0.2) is 7.05 Å². The van der Waals surface area contributed by atoms with Crippen LogP contribution >= 0.6 is 0 Å². The van der Waals surface area contributed by atoms with Gasteiger partial charge in [0.2, 0.25) is 0 Å². The summed E-state index contributed by atoms with van der Waals surface area (Å²) in [6.07, 6.45) is 1.04. The van der Waals surface area contributed by atoms with E-state index < -0.39 is 0 Å². The lowest BCUT2D eigenvalue weighted by molar-refractivity contribution is 0.589. The molecule has 2 aromatic rings. The molecule has 1 atom stereocenters. The average Bonchev–Trinajstić information content (AvgIpc) is 2.39. The van der Waals surface area contributed by atoms with Gasteiger partial charge < -0.3 is 5.32 Å². The van der Waals surface area contributed by atoms with E-state index in [-0.39, 0.29) is 0 Å². The van der Waals surface area contributed by atoms with Gasteiger partial charge >= 0.3 is 0 Å². The molecule has 19 heavy (non-hydrogen) atoms. The van der Waals surface area contributed by atoms with Gasteiger partial charge in [-0.2, -0.15) is 0 Å². The Hall–Kier alpha value is -1.60. The Morgan fingerprint density at radius 3 is 2.05 bits per heavy atom. The van der Waals surface area contributed by atoms with Crippen LogP contribution in [0.4, 0.5) is 0 Å². The minimum atomic E-state index is 0.376. The van der Waals surface area contributed by atoms with E-state index in [1.54, 1.807) is 0 Å². The summed E-state index contributed by atoms with van der Waals surface area (Å²) in [5.74, 6) is 0. The highest BCUT2D eigenvalue weighted by Crippen LogP contribution is 2.23. The van der Waals surface area contributed by atoms with Gasteiger partial charge in [-0.25, -0.2) is 0 Å². The van der Waals surface area contributed by atoms with Gasteiger partial charge in [0.25, 0.3) is 0 Å². The Morgan fingerprint density at radius 1 is 0.947 bits per heavy atom. The summed E-state index contributed by atoms with van der Waals surface area (Å²) in [5, 5.41) is 3.44. The van der Waals surface area contributed by atoms with Crippen LogP contribution in [-0.2, 0) is 6.42 Å². The summed E-state index contributed by atoms with van der Waals surface area (Å²) < 4.78 is 0. The van der Waals surface area contributed by atoms with Gasteiger partial charge in [0.05, 0.1) is 0 Å². The zero-order valence-electron chi connectivity index (χ0n) is 12.3. The van der Waals surface area contributed by atoms with E-state index in [1.807, 2.05) is 7.05 Å². The van der Waals surface area contributed by atoms with Gasteiger partial charge in [0, 0.05) is 6.04 Å². The van der Waals surface area contributed by atoms with Crippen molar-refractivity contribution in [2.45, 2.75) is 33.2 Å². The molecule has 1 heteroatoms. The van der Waals surface area contributed by atoms with E-state index in [2.05, 4.69) is 68.6 Å². The standard InChI is InChI=1S/C18H23N/c1-13-10-14(2)17(15(3)11-13)12-18(19-4)16-8-6-5-7-9-16/h5-11,18-19H,12H2,1-4H3. The second-order valence-corrected chi connectivity index (χ2v) is 5.33. The number of benzene rings is 2. The fraction of sp³-hybridized carbons (Fsp3) is 0.333. The van der Waals surface area contributed by atoms with E-state index >= 15 is 0 Å².